The summed E-state index contributed by atoms with van der Waals surface area (Å²) in [6, 6.07) is 17.1. The standard InChI is InChI=1S/C25H26N4O3S/c1-4-16(2)27-21(30)15-33-25-28-22-20(17-8-6-5-7-9-17)14-26-23(22)24(31)29(25)18-10-12-19(32-3)13-11-18/h5-14,16,26H,4,15H2,1-3H3,(H,27,30)/t16-/m1/s1. The molecule has 0 bridgehead atoms. The largest absolute Gasteiger partial charge is 0.497 e. The monoisotopic (exact) mass is 462 g/mol. The van der Waals surface area contributed by atoms with Crippen LogP contribution in [0.15, 0.2) is 70.7 Å². The van der Waals surface area contributed by atoms with Gasteiger partial charge < -0.3 is 15.0 Å². The Morgan fingerprint density at radius 3 is 2.58 bits per heavy atom. The van der Waals surface area contributed by atoms with Crippen molar-refractivity contribution in [3.63, 3.8) is 0 Å². The molecule has 2 aromatic heterocycles. The van der Waals surface area contributed by atoms with E-state index in [0.29, 0.717) is 27.6 Å². The number of carbonyl (C=O) groups excluding carboxylic acids is 1. The van der Waals surface area contributed by atoms with Crippen molar-refractivity contribution in [2.45, 2.75) is 31.5 Å². The minimum absolute atomic E-state index is 0.0895. The van der Waals surface area contributed by atoms with Gasteiger partial charge in [0.05, 0.1) is 18.6 Å². The fourth-order valence-electron chi connectivity index (χ4n) is 3.48. The van der Waals surface area contributed by atoms with E-state index in [9.17, 15) is 9.59 Å². The van der Waals surface area contributed by atoms with Gasteiger partial charge in [0.25, 0.3) is 5.56 Å². The van der Waals surface area contributed by atoms with Gasteiger partial charge >= 0.3 is 0 Å². The highest BCUT2D eigenvalue weighted by Crippen LogP contribution is 2.29. The van der Waals surface area contributed by atoms with Crippen LogP contribution in [-0.4, -0.2) is 39.3 Å². The maximum absolute atomic E-state index is 13.6. The van der Waals surface area contributed by atoms with E-state index in [1.54, 1.807) is 37.6 Å². The lowest BCUT2D eigenvalue weighted by Crippen LogP contribution is -2.33. The number of amides is 1. The number of ether oxygens (including phenoxy) is 1. The van der Waals surface area contributed by atoms with Crippen molar-refractivity contribution in [2.24, 2.45) is 0 Å². The third-order valence-corrected chi connectivity index (χ3v) is 6.37. The van der Waals surface area contributed by atoms with E-state index in [0.717, 1.165) is 17.5 Å². The first-order valence-corrected chi connectivity index (χ1v) is 11.8. The SMILES string of the molecule is CC[C@@H](C)NC(=O)CSc1nc2c(-c3ccccc3)c[nH]c2c(=O)n1-c1ccc(OC)cc1. The Kier molecular flexibility index (Phi) is 6.84. The minimum Gasteiger partial charge on any atom is -0.497 e. The second-order valence-corrected chi connectivity index (χ2v) is 8.63. The van der Waals surface area contributed by atoms with Gasteiger partial charge in [-0.25, -0.2) is 4.98 Å². The second-order valence-electron chi connectivity index (χ2n) is 7.69. The van der Waals surface area contributed by atoms with Crippen LogP contribution < -0.4 is 15.6 Å². The van der Waals surface area contributed by atoms with Gasteiger partial charge in [0.2, 0.25) is 5.91 Å². The van der Waals surface area contributed by atoms with E-state index in [1.165, 1.54) is 16.3 Å². The molecule has 170 valence electrons. The lowest BCUT2D eigenvalue weighted by molar-refractivity contribution is -0.119. The van der Waals surface area contributed by atoms with E-state index in [-0.39, 0.29) is 23.3 Å². The van der Waals surface area contributed by atoms with Crippen molar-refractivity contribution in [3.05, 3.63) is 71.1 Å². The smallest absolute Gasteiger partial charge is 0.283 e. The van der Waals surface area contributed by atoms with Gasteiger partial charge in [-0.15, -0.1) is 0 Å². The fraction of sp³-hybridized carbons (Fsp3) is 0.240. The van der Waals surface area contributed by atoms with Crippen molar-refractivity contribution in [3.8, 4) is 22.6 Å². The Labute approximate surface area is 196 Å². The molecule has 4 aromatic rings. The van der Waals surface area contributed by atoms with Crippen LogP contribution in [0.5, 0.6) is 5.75 Å². The number of H-pyrrole nitrogens is 1. The van der Waals surface area contributed by atoms with Crippen LogP contribution in [-0.2, 0) is 4.79 Å². The van der Waals surface area contributed by atoms with Crippen LogP contribution >= 0.6 is 11.8 Å². The van der Waals surface area contributed by atoms with E-state index in [4.69, 9.17) is 9.72 Å². The fourth-order valence-corrected chi connectivity index (χ4v) is 4.30. The molecule has 7 nitrogen and oxygen atoms in total. The van der Waals surface area contributed by atoms with Crippen LogP contribution in [0, 0.1) is 0 Å². The van der Waals surface area contributed by atoms with Gasteiger partial charge in [0, 0.05) is 17.8 Å². The summed E-state index contributed by atoms with van der Waals surface area (Å²) in [5.74, 6) is 0.750. The molecule has 2 aromatic carbocycles. The zero-order valence-electron chi connectivity index (χ0n) is 18.8. The van der Waals surface area contributed by atoms with Gasteiger partial charge in [-0.1, -0.05) is 49.0 Å². The summed E-state index contributed by atoms with van der Waals surface area (Å²) in [6.07, 6.45) is 2.65. The van der Waals surface area contributed by atoms with Crippen LogP contribution in [0.25, 0.3) is 27.8 Å². The first-order chi connectivity index (χ1) is 16.0. The van der Waals surface area contributed by atoms with Gasteiger partial charge in [0.1, 0.15) is 16.8 Å². The Morgan fingerprint density at radius 1 is 1.18 bits per heavy atom. The highest BCUT2D eigenvalue weighted by atomic mass is 32.2. The molecular formula is C25H26N4O3S. The molecule has 0 aliphatic carbocycles. The Bertz CT molecular complexity index is 1310. The van der Waals surface area contributed by atoms with Crippen molar-refractivity contribution >= 4 is 28.7 Å². The van der Waals surface area contributed by atoms with E-state index in [1.807, 2.05) is 44.2 Å². The minimum atomic E-state index is -0.225. The van der Waals surface area contributed by atoms with Crippen LogP contribution in [0.1, 0.15) is 20.3 Å². The lowest BCUT2D eigenvalue weighted by Gasteiger charge is -2.14. The summed E-state index contributed by atoms with van der Waals surface area (Å²) < 4.78 is 6.78. The molecule has 8 heteroatoms. The molecule has 4 rings (SSSR count). The molecular weight excluding hydrogens is 436 g/mol. The number of hydrogen-bond acceptors (Lipinski definition) is 5. The maximum Gasteiger partial charge on any atom is 0.283 e. The second kappa shape index (κ2) is 9.95. The number of carbonyl (C=O) groups is 1. The summed E-state index contributed by atoms with van der Waals surface area (Å²) in [5.41, 5.74) is 3.23. The Morgan fingerprint density at radius 2 is 1.91 bits per heavy atom. The normalized spacial score (nSPS) is 12.0. The van der Waals surface area contributed by atoms with Crippen molar-refractivity contribution in [1.29, 1.82) is 0 Å². The van der Waals surface area contributed by atoms with E-state index >= 15 is 0 Å². The van der Waals surface area contributed by atoms with Crippen LogP contribution in [0.4, 0.5) is 0 Å². The maximum atomic E-state index is 13.6. The number of benzene rings is 2. The molecule has 2 heterocycles. The number of rotatable bonds is 8. The van der Waals surface area contributed by atoms with Crippen LogP contribution in [0.2, 0.25) is 0 Å². The highest BCUT2D eigenvalue weighted by Gasteiger charge is 2.19. The first kappa shape index (κ1) is 22.7. The van der Waals surface area contributed by atoms with Gasteiger partial charge in [-0.3, -0.25) is 14.2 Å². The number of nitrogens with one attached hydrogen (secondary N) is 2. The molecule has 0 aliphatic heterocycles. The predicted octanol–water partition coefficient (Wildman–Crippen LogP) is 4.40. The first-order valence-electron chi connectivity index (χ1n) is 10.8. The summed E-state index contributed by atoms with van der Waals surface area (Å²) in [7, 11) is 1.59. The molecule has 1 atom stereocenters. The molecule has 2 N–H and O–H groups in total. The van der Waals surface area contributed by atoms with Crippen molar-refractivity contribution < 1.29 is 9.53 Å². The molecule has 0 saturated carbocycles. The molecule has 0 fully saturated rings. The van der Waals surface area contributed by atoms with Crippen LogP contribution in [0.3, 0.4) is 0 Å². The molecule has 33 heavy (non-hydrogen) atoms. The quantitative estimate of drug-likeness (QED) is 0.299. The Balaban J connectivity index is 1.81. The highest BCUT2D eigenvalue weighted by molar-refractivity contribution is 7.99. The molecule has 1 amide bonds. The predicted molar refractivity (Wildman–Crippen MR) is 132 cm³/mol. The summed E-state index contributed by atoms with van der Waals surface area (Å²) in [4.78, 5) is 33.9. The number of thioether (sulfide) groups is 1. The molecule has 0 radical (unpaired) electrons. The number of hydrogen-bond donors (Lipinski definition) is 2. The van der Waals surface area contributed by atoms with Gasteiger partial charge in [-0.2, -0.15) is 0 Å². The lowest BCUT2D eigenvalue weighted by atomic mass is 10.1. The Hall–Kier alpha value is -3.52. The zero-order chi connectivity index (χ0) is 23.4. The summed E-state index contributed by atoms with van der Waals surface area (Å²) in [5, 5.41) is 3.41. The molecule has 0 spiro atoms. The summed E-state index contributed by atoms with van der Waals surface area (Å²) in [6.45, 7) is 3.98. The number of aromatic amines is 1. The molecule has 0 saturated heterocycles. The van der Waals surface area contributed by atoms with Gasteiger partial charge in [-0.05, 0) is 43.2 Å². The topological polar surface area (TPSA) is 89.0 Å². The van der Waals surface area contributed by atoms with Gasteiger partial charge in [0.15, 0.2) is 5.16 Å². The molecule has 0 aliphatic rings. The average Bonchev–Trinajstić information content (AvgIpc) is 3.27. The average molecular weight is 463 g/mol. The van der Waals surface area contributed by atoms with E-state index in [2.05, 4.69) is 10.3 Å². The zero-order valence-corrected chi connectivity index (χ0v) is 19.6. The van der Waals surface area contributed by atoms with E-state index < -0.39 is 0 Å². The third kappa shape index (κ3) is 4.80. The number of aromatic nitrogens is 3. The van der Waals surface area contributed by atoms with Crippen molar-refractivity contribution in [2.75, 3.05) is 12.9 Å². The third-order valence-electron chi connectivity index (χ3n) is 5.44. The molecule has 0 unspecified atom stereocenters. The number of fused-ring (bicyclic) bond motifs is 1. The summed E-state index contributed by atoms with van der Waals surface area (Å²) >= 11 is 1.24. The van der Waals surface area contributed by atoms with Crippen molar-refractivity contribution in [1.82, 2.24) is 19.9 Å². The number of nitrogens with zero attached hydrogens (tertiary/aromatic N) is 2. The number of methoxy groups -OCH3 is 1.